The van der Waals surface area contributed by atoms with E-state index in [0.29, 0.717) is 17.1 Å². The number of amides is 1. The van der Waals surface area contributed by atoms with Gasteiger partial charge in [0.05, 0.1) is 15.7 Å². The van der Waals surface area contributed by atoms with Crippen LogP contribution in [0.4, 0.5) is 5.69 Å². The van der Waals surface area contributed by atoms with Crippen molar-refractivity contribution in [1.29, 1.82) is 0 Å². The molecule has 0 bridgehead atoms. The average Bonchev–Trinajstić information content (AvgIpc) is 2.41. The van der Waals surface area contributed by atoms with Gasteiger partial charge in [0.1, 0.15) is 5.41 Å². The molecule has 0 saturated carbocycles. The van der Waals surface area contributed by atoms with Crippen LogP contribution in [0.2, 0.25) is 10.0 Å². The van der Waals surface area contributed by atoms with Crippen molar-refractivity contribution in [2.24, 2.45) is 16.3 Å². The summed E-state index contributed by atoms with van der Waals surface area (Å²) in [5, 5.41) is 14.9. The average molecular weight is 304 g/mol. The zero-order valence-electron chi connectivity index (χ0n) is 10.6. The monoisotopic (exact) mass is 303 g/mol. The Morgan fingerprint density at radius 3 is 2.68 bits per heavy atom. The molecule has 1 aromatic carbocycles. The second-order valence-electron chi connectivity index (χ2n) is 4.23. The Labute approximate surface area is 121 Å². The standard InChI is InChI=1S/C12H15Cl2N3O2/c1-3-12(2,10(15)17-19)11(18)16-8-6-4-5-7(13)9(8)14/h4-6,19H,3H2,1-2H3,(H2,15,17)(H,16,18). The lowest BCUT2D eigenvalue weighted by molar-refractivity contribution is -0.121. The first-order chi connectivity index (χ1) is 8.86. The van der Waals surface area contributed by atoms with Crippen molar-refractivity contribution in [2.75, 3.05) is 5.32 Å². The summed E-state index contributed by atoms with van der Waals surface area (Å²) in [6, 6.07) is 4.90. The molecular formula is C12H15Cl2N3O2. The van der Waals surface area contributed by atoms with Crippen LogP contribution >= 0.6 is 23.2 Å². The van der Waals surface area contributed by atoms with Crippen LogP contribution in [-0.2, 0) is 4.79 Å². The quantitative estimate of drug-likeness (QED) is 0.346. The van der Waals surface area contributed by atoms with Crippen molar-refractivity contribution in [3.63, 3.8) is 0 Å². The molecule has 1 amide bonds. The molecule has 19 heavy (non-hydrogen) atoms. The summed E-state index contributed by atoms with van der Waals surface area (Å²) in [4.78, 5) is 12.2. The molecule has 0 aliphatic heterocycles. The first kappa shape index (κ1) is 15.6. The topological polar surface area (TPSA) is 87.7 Å². The van der Waals surface area contributed by atoms with E-state index in [1.807, 2.05) is 0 Å². The van der Waals surface area contributed by atoms with E-state index in [2.05, 4.69) is 10.5 Å². The molecule has 0 heterocycles. The van der Waals surface area contributed by atoms with E-state index < -0.39 is 11.3 Å². The third-order valence-corrected chi connectivity index (χ3v) is 3.90. The molecule has 1 atom stereocenters. The fraction of sp³-hybridized carbons (Fsp3) is 0.333. The number of rotatable bonds is 4. The van der Waals surface area contributed by atoms with E-state index in [9.17, 15) is 4.79 Å². The first-order valence-corrected chi connectivity index (χ1v) is 6.35. The minimum absolute atomic E-state index is 0.161. The maximum Gasteiger partial charge on any atom is 0.238 e. The number of carbonyl (C=O) groups is 1. The maximum atomic E-state index is 12.2. The highest BCUT2D eigenvalue weighted by molar-refractivity contribution is 6.44. The summed E-state index contributed by atoms with van der Waals surface area (Å²) in [5.74, 6) is -0.583. The number of anilines is 1. The Morgan fingerprint density at radius 1 is 1.53 bits per heavy atom. The van der Waals surface area contributed by atoms with Crippen molar-refractivity contribution in [2.45, 2.75) is 20.3 Å². The van der Waals surface area contributed by atoms with Crippen molar-refractivity contribution >= 4 is 40.6 Å². The molecule has 0 aliphatic carbocycles. The molecule has 1 unspecified atom stereocenters. The summed E-state index contributed by atoms with van der Waals surface area (Å²) >= 11 is 11.9. The third kappa shape index (κ3) is 3.11. The van der Waals surface area contributed by atoms with Crippen molar-refractivity contribution in [3.8, 4) is 0 Å². The number of oxime groups is 1. The number of carbonyl (C=O) groups excluding carboxylic acids is 1. The van der Waals surface area contributed by atoms with Gasteiger partial charge in [-0.2, -0.15) is 0 Å². The van der Waals surface area contributed by atoms with Crippen LogP contribution in [0, 0.1) is 5.41 Å². The summed E-state index contributed by atoms with van der Waals surface area (Å²) in [6.07, 6.45) is 0.368. The predicted octanol–water partition coefficient (Wildman–Crippen LogP) is 3.09. The summed E-state index contributed by atoms with van der Waals surface area (Å²) in [5.41, 5.74) is 4.82. The minimum atomic E-state index is -1.12. The highest BCUT2D eigenvalue weighted by Gasteiger charge is 2.36. The Kier molecular flexibility index (Phi) is 5.03. The Bertz CT molecular complexity index is 520. The summed E-state index contributed by atoms with van der Waals surface area (Å²) in [7, 11) is 0. The van der Waals surface area contributed by atoms with Gasteiger partial charge in [-0.15, -0.1) is 0 Å². The van der Waals surface area contributed by atoms with Crippen LogP contribution in [-0.4, -0.2) is 17.0 Å². The van der Waals surface area contributed by atoms with Gasteiger partial charge in [0.25, 0.3) is 0 Å². The minimum Gasteiger partial charge on any atom is -0.409 e. The zero-order valence-corrected chi connectivity index (χ0v) is 12.1. The van der Waals surface area contributed by atoms with Gasteiger partial charge in [-0.1, -0.05) is 41.3 Å². The second-order valence-corrected chi connectivity index (χ2v) is 5.01. The third-order valence-electron chi connectivity index (χ3n) is 3.08. The number of nitrogens with one attached hydrogen (secondary N) is 1. The van der Waals surface area contributed by atoms with Gasteiger partial charge < -0.3 is 16.3 Å². The summed E-state index contributed by atoms with van der Waals surface area (Å²) < 4.78 is 0. The zero-order chi connectivity index (χ0) is 14.6. The molecule has 0 aromatic heterocycles. The molecule has 1 aromatic rings. The fourth-order valence-corrected chi connectivity index (χ4v) is 1.78. The van der Waals surface area contributed by atoms with E-state index in [1.54, 1.807) is 32.0 Å². The van der Waals surface area contributed by atoms with Gasteiger partial charge in [0, 0.05) is 0 Å². The smallest absolute Gasteiger partial charge is 0.238 e. The SMILES string of the molecule is CCC(C)(C(=O)Nc1cccc(Cl)c1Cl)/C(N)=N/O. The molecule has 0 aliphatic rings. The normalized spacial score (nSPS) is 14.8. The second kappa shape index (κ2) is 6.12. The molecular weight excluding hydrogens is 289 g/mol. The molecule has 0 saturated heterocycles. The number of nitrogens with zero attached hydrogens (tertiary/aromatic N) is 1. The molecule has 0 spiro atoms. The molecule has 1 rings (SSSR count). The van der Waals surface area contributed by atoms with Crippen LogP contribution in [0.15, 0.2) is 23.4 Å². The number of hydrogen-bond acceptors (Lipinski definition) is 3. The van der Waals surface area contributed by atoms with Crippen molar-refractivity contribution in [1.82, 2.24) is 0 Å². The largest absolute Gasteiger partial charge is 0.409 e. The first-order valence-electron chi connectivity index (χ1n) is 5.60. The van der Waals surface area contributed by atoms with E-state index in [0.717, 1.165) is 0 Å². The van der Waals surface area contributed by atoms with Gasteiger partial charge in [-0.05, 0) is 25.5 Å². The highest BCUT2D eigenvalue weighted by atomic mass is 35.5. The van der Waals surface area contributed by atoms with E-state index in [1.165, 1.54) is 0 Å². The lowest BCUT2D eigenvalue weighted by atomic mass is 9.85. The van der Waals surface area contributed by atoms with Gasteiger partial charge in [-0.25, -0.2) is 0 Å². The van der Waals surface area contributed by atoms with E-state index >= 15 is 0 Å². The van der Waals surface area contributed by atoms with Crippen LogP contribution in [0.1, 0.15) is 20.3 Å². The van der Waals surface area contributed by atoms with Crippen molar-refractivity contribution < 1.29 is 10.0 Å². The van der Waals surface area contributed by atoms with Crippen LogP contribution in [0.3, 0.4) is 0 Å². The lowest BCUT2D eigenvalue weighted by Crippen LogP contribution is -2.44. The molecule has 7 heteroatoms. The molecule has 5 nitrogen and oxygen atoms in total. The Balaban J connectivity index is 3.05. The van der Waals surface area contributed by atoms with Gasteiger partial charge in [0.2, 0.25) is 5.91 Å². The molecule has 0 fully saturated rings. The molecule has 0 radical (unpaired) electrons. The van der Waals surface area contributed by atoms with Crippen molar-refractivity contribution in [3.05, 3.63) is 28.2 Å². The molecule has 4 N–H and O–H groups in total. The molecule has 104 valence electrons. The number of benzene rings is 1. The Morgan fingerprint density at radius 2 is 2.16 bits per heavy atom. The van der Waals surface area contributed by atoms with E-state index in [4.69, 9.17) is 34.1 Å². The lowest BCUT2D eigenvalue weighted by Gasteiger charge is -2.25. The number of hydrogen-bond donors (Lipinski definition) is 3. The van der Waals surface area contributed by atoms with Crippen LogP contribution in [0.5, 0.6) is 0 Å². The Hall–Kier alpha value is -1.46. The fourth-order valence-electron chi connectivity index (χ4n) is 1.43. The van der Waals surface area contributed by atoms with Gasteiger partial charge in [-0.3, -0.25) is 4.79 Å². The van der Waals surface area contributed by atoms with E-state index in [-0.39, 0.29) is 10.9 Å². The predicted molar refractivity (Wildman–Crippen MR) is 76.9 cm³/mol. The summed E-state index contributed by atoms with van der Waals surface area (Å²) in [6.45, 7) is 3.34. The van der Waals surface area contributed by atoms with Gasteiger partial charge >= 0.3 is 0 Å². The maximum absolute atomic E-state index is 12.2. The van der Waals surface area contributed by atoms with Crippen LogP contribution in [0.25, 0.3) is 0 Å². The number of nitrogens with two attached hydrogens (primary N) is 1. The number of halogens is 2. The number of amidine groups is 1. The van der Waals surface area contributed by atoms with Gasteiger partial charge in [0.15, 0.2) is 5.84 Å². The highest BCUT2D eigenvalue weighted by Crippen LogP contribution is 2.31. The van der Waals surface area contributed by atoms with Crippen LogP contribution < -0.4 is 11.1 Å².